The molecule has 0 saturated carbocycles. The molecule has 0 radical (unpaired) electrons. The largest absolute Gasteiger partial charge is 0.392 e. The minimum absolute atomic E-state index is 0.0466. The van der Waals surface area contributed by atoms with Crippen LogP contribution >= 0.6 is 0 Å². The summed E-state index contributed by atoms with van der Waals surface area (Å²) in [4.78, 5) is 16.3. The lowest BCUT2D eigenvalue weighted by atomic mass is 10.2. The van der Waals surface area contributed by atoms with E-state index in [0.29, 0.717) is 18.0 Å². The van der Waals surface area contributed by atoms with Gasteiger partial charge >= 0.3 is 0 Å². The van der Waals surface area contributed by atoms with Gasteiger partial charge in [-0.15, -0.1) is 0 Å². The summed E-state index contributed by atoms with van der Waals surface area (Å²) < 4.78 is 4.90. The van der Waals surface area contributed by atoms with E-state index in [-0.39, 0.29) is 12.0 Å². The lowest BCUT2D eigenvalue weighted by molar-refractivity contribution is -0.116. The second-order valence-corrected chi connectivity index (χ2v) is 5.61. The molecule has 2 N–H and O–H groups in total. The molecule has 1 amide bonds. The highest BCUT2D eigenvalue weighted by atomic mass is 16.5. The van der Waals surface area contributed by atoms with Crippen molar-refractivity contribution in [3.8, 4) is 0 Å². The molecule has 118 valence electrons. The Bertz CT molecular complexity index is 453. The van der Waals surface area contributed by atoms with Gasteiger partial charge in [-0.3, -0.25) is 9.69 Å². The van der Waals surface area contributed by atoms with E-state index >= 15 is 0 Å². The first-order chi connectivity index (χ1) is 10.0. The van der Waals surface area contributed by atoms with Crippen LogP contribution in [-0.2, 0) is 4.79 Å². The number of carbonyl (C=O) groups excluding carboxylic acids is 1. The monoisotopic (exact) mass is 296 g/mol. The molecular weight excluding hydrogens is 272 g/mol. The van der Waals surface area contributed by atoms with Gasteiger partial charge in [0.25, 0.3) is 0 Å². The van der Waals surface area contributed by atoms with E-state index in [2.05, 4.69) is 20.3 Å². The molecule has 1 aromatic rings. The molecule has 1 atom stereocenters. The van der Waals surface area contributed by atoms with Gasteiger partial charge in [-0.05, 0) is 13.8 Å². The first-order valence-corrected chi connectivity index (χ1v) is 7.39. The molecule has 1 aromatic heterocycles. The van der Waals surface area contributed by atoms with Gasteiger partial charge in [-0.25, -0.2) is 0 Å². The van der Waals surface area contributed by atoms with E-state index in [1.54, 1.807) is 13.0 Å². The van der Waals surface area contributed by atoms with Crippen LogP contribution in [0.15, 0.2) is 10.6 Å². The van der Waals surface area contributed by atoms with Gasteiger partial charge in [0.1, 0.15) is 5.76 Å². The minimum Gasteiger partial charge on any atom is -0.392 e. The van der Waals surface area contributed by atoms with E-state index < -0.39 is 0 Å². The van der Waals surface area contributed by atoms with E-state index in [1.807, 2.05) is 6.92 Å². The van der Waals surface area contributed by atoms with Crippen LogP contribution in [0.1, 0.15) is 19.1 Å². The molecule has 2 heterocycles. The molecule has 0 bridgehead atoms. The van der Waals surface area contributed by atoms with Crippen molar-refractivity contribution in [2.24, 2.45) is 0 Å². The number of piperazine rings is 1. The van der Waals surface area contributed by atoms with Crippen molar-refractivity contribution in [3.05, 3.63) is 11.8 Å². The fourth-order valence-electron chi connectivity index (χ4n) is 2.46. The van der Waals surface area contributed by atoms with Crippen molar-refractivity contribution in [2.45, 2.75) is 26.4 Å². The fraction of sp³-hybridized carbons (Fsp3) is 0.714. The maximum atomic E-state index is 11.8. The van der Waals surface area contributed by atoms with E-state index in [1.165, 1.54) is 0 Å². The van der Waals surface area contributed by atoms with Crippen molar-refractivity contribution in [2.75, 3.05) is 44.6 Å². The Balaban J connectivity index is 1.64. The highest BCUT2D eigenvalue weighted by molar-refractivity contribution is 5.89. The number of carbonyl (C=O) groups is 1. The second-order valence-electron chi connectivity index (χ2n) is 5.61. The summed E-state index contributed by atoms with van der Waals surface area (Å²) in [5.41, 5.74) is 0. The van der Waals surface area contributed by atoms with Gasteiger partial charge in [-0.2, -0.15) is 0 Å². The van der Waals surface area contributed by atoms with Crippen molar-refractivity contribution in [1.29, 1.82) is 0 Å². The number of amides is 1. The summed E-state index contributed by atoms with van der Waals surface area (Å²) in [7, 11) is 0. The number of aromatic nitrogens is 1. The standard InChI is InChI=1S/C14H24N4O3/c1-11(19)10-18-7-5-17(6-8-18)4-3-14(20)15-13-9-12(2)21-16-13/h9,11,19H,3-8,10H2,1-2H3,(H,15,16,20). The number of hydrogen-bond acceptors (Lipinski definition) is 6. The van der Waals surface area contributed by atoms with Crippen LogP contribution in [0.5, 0.6) is 0 Å². The third-order valence-corrected chi connectivity index (χ3v) is 3.54. The number of nitrogens with one attached hydrogen (secondary N) is 1. The van der Waals surface area contributed by atoms with Crippen LogP contribution < -0.4 is 5.32 Å². The summed E-state index contributed by atoms with van der Waals surface area (Å²) in [5.74, 6) is 1.11. The molecule has 1 aliphatic heterocycles. The highest BCUT2D eigenvalue weighted by Gasteiger charge is 2.18. The Morgan fingerprint density at radius 3 is 2.67 bits per heavy atom. The number of hydrogen-bond donors (Lipinski definition) is 2. The molecule has 0 aliphatic carbocycles. The van der Waals surface area contributed by atoms with E-state index in [9.17, 15) is 9.90 Å². The number of aliphatic hydroxyl groups is 1. The Labute approximate surface area is 124 Å². The summed E-state index contributed by atoms with van der Waals surface area (Å²) in [6, 6.07) is 1.70. The molecule has 1 aliphatic rings. The maximum Gasteiger partial charge on any atom is 0.226 e. The second kappa shape index (κ2) is 7.53. The average Bonchev–Trinajstić information content (AvgIpc) is 2.83. The van der Waals surface area contributed by atoms with Crippen LogP contribution in [0.3, 0.4) is 0 Å². The zero-order chi connectivity index (χ0) is 15.2. The van der Waals surface area contributed by atoms with Crippen molar-refractivity contribution >= 4 is 11.7 Å². The Kier molecular flexibility index (Phi) is 5.72. The first-order valence-electron chi connectivity index (χ1n) is 7.39. The quantitative estimate of drug-likeness (QED) is 0.786. The van der Waals surface area contributed by atoms with Gasteiger partial charge < -0.3 is 19.8 Å². The van der Waals surface area contributed by atoms with Gasteiger partial charge in [0, 0.05) is 51.8 Å². The van der Waals surface area contributed by atoms with Gasteiger partial charge in [0.15, 0.2) is 5.82 Å². The van der Waals surface area contributed by atoms with E-state index in [0.717, 1.165) is 39.3 Å². The number of aliphatic hydroxyl groups excluding tert-OH is 1. The Morgan fingerprint density at radius 1 is 1.43 bits per heavy atom. The highest BCUT2D eigenvalue weighted by Crippen LogP contribution is 2.08. The minimum atomic E-state index is -0.284. The molecule has 0 spiro atoms. The summed E-state index contributed by atoms with van der Waals surface area (Å²) in [5, 5.41) is 15.8. The first kappa shape index (κ1) is 15.9. The molecule has 1 saturated heterocycles. The summed E-state index contributed by atoms with van der Waals surface area (Å²) >= 11 is 0. The third kappa shape index (κ3) is 5.45. The zero-order valence-corrected chi connectivity index (χ0v) is 12.7. The molecule has 7 nitrogen and oxygen atoms in total. The molecule has 1 fully saturated rings. The predicted octanol–water partition coefficient (Wildman–Crippen LogP) is 0.310. The molecule has 0 aromatic carbocycles. The Morgan fingerprint density at radius 2 is 2.10 bits per heavy atom. The number of anilines is 1. The predicted molar refractivity (Wildman–Crippen MR) is 79.0 cm³/mol. The normalized spacial score (nSPS) is 18.6. The summed E-state index contributed by atoms with van der Waals surface area (Å²) in [6.07, 6.45) is 0.163. The van der Waals surface area contributed by atoms with Gasteiger partial charge in [0.05, 0.1) is 6.10 Å². The molecule has 2 rings (SSSR count). The van der Waals surface area contributed by atoms with Crippen LogP contribution in [0, 0.1) is 6.92 Å². The summed E-state index contributed by atoms with van der Waals surface area (Å²) in [6.45, 7) is 8.80. The van der Waals surface area contributed by atoms with E-state index in [4.69, 9.17) is 4.52 Å². The number of rotatable bonds is 6. The van der Waals surface area contributed by atoms with Crippen molar-refractivity contribution in [3.63, 3.8) is 0 Å². The van der Waals surface area contributed by atoms with Crippen LogP contribution in [0.2, 0.25) is 0 Å². The zero-order valence-electron chi connectivity index (χ0n) is 12.7. The van der Waals surface area contributed by atoms with Crippen molar-refractivity contribution in [1.82, 2.24) is 15.0 Å². The van der Waals surface area contributed by atoms with Gasteiger partial charge in [-0.1, -0.05) is 5.16 Å². The van der Waals surface area contributed by atoms with Crippen molar-refractivity contribution < 1.29 is 14.4 Å². The smallest absolute Gasteiger partial charge is 0.226 e. The lowest BCUT2D eigenvalue weighted by Gasteiger charge is -2.35. The average molecular weight is 296 g/mol. The molecule has 1 unspecified atom stereocenters. The molecular formula is C14H24N4O3. The number of β-amino-alcohol motifs (C(OH)–C–C–N with tert-alkyl or cyclic N) is 1. The number of aryl methyl sites for hydroxylation is 1. The topological polar surface area (TPSA) is 81.8 Å². The van der Waals surface area contributed by atoms with Crippen LogP contribution in [0.4, 0.5) is 5.82 Å². The fourth-order valence-corrected chi connectivity index (χ4v) is 2.46. The SMILES string of the molecule is Cc1cc(NC(=O)CCN2CCN(CC(C)O)CC2)no1. The third-order valence-electron chi connectivity index (χ3n) is 3.54. The maximum absolute atomic E-state index is 11.8. The molecule has 21 heavy (non-hydrogen) atoms. The lowest BCUT2D eigenvalue weighted by Crippen LogP contribution is -2.48. The Hall–Kier alpha value is -1.44. The van der Waals surface area contributed by atoms with Gasteiger partial charge in [0.2, 0.25) is 5.91 Å². The van der Waals surface area contributed by atoms with Crippen LogP contribution in [-0.4, -0.2) is 71.3 Å². The van der Waals surface area contributed by atoms with Crippen LogP contribution in [0.25, 0.3) is 0 Å². The number of nitrogens with zero attached hydrogens (tertiary/aromatic N) is 3. The molecule has 7 heteroatoms.